The highest BCUT2D eigenvalue weighted by Gasteiger charge is 2.09. The standard InChI is InChI=1S/C10H15BO2/c1-2-6-9(5-1)12-11-13-10-7-3-4-8-10/h5,7,11H,1-4,6,8H2. The summed E-state index contributed by atoms with van der Waals surface area (Å²) in [5.74, 6) is 2.22. The van der Waals surface area contributed by atoms with E-state index in [4.69, 9.17) is 9.31 Å². The highest BCUT2D eigenvalue weighted by atomic mass is 16.6. The lowest BCUT2D eigenvalue weighted by atomic mass is 10.3. The van der Waals surface area contributed by atoms with Gasteiger partial charge in [-0.05, 0) is 37.8 Å². The van der Waals surface area contributed by atoms with Gasteiger partial charge in [-0.1, -0.05) is 0 Å². The topological polar surface area (TPSA) is 18.5 Å². The van der Waals surface area contributed by atoms with E-state index in [0.29, 0.717) is 7.69 Å². The molecule has 0 aromatic heterocycles. The van der Waals surface area contributed by atoms with Crippen LogP contribution in [0.25, 0.3) is 0 Å². The predicted octanol–water partition coefficient (Wildman–Crippen LogP) is 2.42. The van der Waals surface area contributed by atoms with Crippen molar-refractivity contribution in [3.63, 3.8) is 0 Å². The zero-order chi connectivity index (χ0) is 8.93. The Morgan fingerprint density at radius 3 is 1.85 bits per heavy atom. The number of allylic oxidation sites excluding steroid dienone is 4. The molecule has 3 heteroatoms. The third-order valence-corrected chi connectivity index (χ3v) is 2.49. The first-order valence-electron chi connectivity index (χ1n) is 5.09. The SMILES string of the molecule is B(OC1=CCCC1)OC1=CCCC1. The van der Waals surface area contributed by atoms with E-state index < -0.39 is 0 Å². The van der Waals surface area contributed by atoms with E-state index in [-0.39, 0.29) is 0 Å². The lowest BCUT2D eigenvalue weighted by Gasteiger charge is -2.07. The van der Waals surface area contributed by atoms with Crippen molar-refractivity contribution in [2.75, 3.05) is 0 Å². The van der Waals surface area contributed by atoms with Crippen LogP contribution in [0.15, 0.2) is 23.7 Å². The average molecular weight is 178 g/mol. The first-order chi connectivity index (χ1) is 6.45. The molecule has 0 N–H and O–H groups in total. The third kappa shape index (κ3) is 2.54. The van der Waals surface area contributed by atoms with Crippen LogP contribution in [0.5, 0.6) is 0 Å². The number of hydrogen-bond acceptors (Lipinski definition) is 2. The van der Waals surface area contributed by atoms with Crippen molar-refractivity contribution in [3.05, 3.63) is 23.7 Å². The molecule has 0 unspecified atom stereocenters. The molecule has 2 aliphatic rings. The lowest BCUT2D eigenvalue weighted by molar-refractivity contribution is 0.313. The highest BCUT2D eigenvalue weighted by molar-refractivity contribution is 6.19. The Labute approximate surface area is 79.9 Å². The van der Waals surface area contributed by atoms with Crippen LogP contribution in [0.2, 0.25) is 0 Å². The van der Waals surface area contributed by atoms with Crippen molar-refractivity contribution in [3.8, 4) is 0 Å². The van der Waals surface area contributed by atoms with Gasteiger partial charge >= 0.3 is 7.69 Å². The molecule has 0 amide bonds. The second kappa shape index (κ2) is 4.40. The van der Waals surface area contributed by atoms with Crippen LogP contribution in [0.4, 0.5) is 0 Å². The predicted molar refractivity (Wildman–Crippen MR) is 53.2 cm³/mol. The monoisotopic (exact) mass is 178 g/mol. The Hall–Kier alpha value is -0.855. The summed E-state index contributed by atoms with van der Waals surface area (Å²) in [5.41, 5.74) is 0. The molecule has 0 aliphatic heterocycles. The molecule has 0 saturated carbocycles. The van der Waals surface area contributed by atoms with Crippen molar-refractivity contribution in [1.29, 1.82) is 0 Å². The van der Waals surface area contributed by atoms with Crippen LogP contribution in [0, 0.1) is 0 Å². The summed E-state index contributed by atoms with van der Waals surface area (Å²) in [5, 5.41) is 0. The van der Waals surface area contributed by atoms with Crippen LogP contribution in [-0.4, -0.2) is 7.69 Å². The molecule has 0 bridgehead atoms. The van der Waals surface area contributed by atoms with E-state index >= 15 is 0 Å². The van der Waals surface area contributed by atoms with Gasteiger partial charge in [-0.2, -0.15) is 0 Å². The summed E-state index contributed by atoms with van der Waals surface area (Å²) in [4.78, 5) is 0. The largest absolute Gasteiger partial charge is 0.576 e. The van der Waals surface area contributed by atoms with Gasteiger partial charge in [0.1, 0.15) is 0 Å². The molecule has 0 spiro atoms. The third-order valence-electron chi connectivity index (χ3n) is 2.49. The van der Waals surface area contributed by atoms with E-state index in [1.54, 1.807) is 0 Å². The van der Waals surface area contributed by atoms with Gasteiger partial charge in [-0.15, -0.1) is 0 Å². The van der Waals surface area contributed by atoms with E-state index in [0.717, 1.165) is 37.2 Å². The lowest BCUT2D eigenvalue weighted by Crippen LogP contribution is -2.02. The van der Waals surface area contributed by atoms with Gasteiger partial charge in [0.2, 0.25) is 0 Å². The van der Waals surface area contributed by atoms with E-state index in [1.165, 1.54) is 12.8 Å². The maximum absolute atomic E-state index is 5.46. The molecular formula is C10H15BO2. The fourth-order valence-corrected chi connectivity index (χ4v) is 1.73. The van der Waals surface area contributed by atoms with Crippen LogP contribution >= 0.6 is 0 Å². The molecular weight excluding hydrogens is 163 g/mol. The second-order valence-electron chi connectivity index (χ2n) is 3.53. The Kier molecular flexibility index (Phi) is 2.96. The highest BCUT2D eigenvalue weighted by Crippen LogP contribution is 2.20. The van der Waals surface area contributed by atoms with Crippen molar-refractivity contribution < 1.29 is 9.31 Å². The molecule has 0 saturated heterocycles. The van der Waals surface area contributed by atoms with Gasteiger partial charge in [0.25, 0.3) is 0 Å². The van der Waals surface area contributed by atoms with Crippen LogP contribution < -0.4 is 0 Å². The summed E-state index contributed by atoms with van der Waals surface area (Å²) in [6.45, 7) is 0. The first-order valence-corrected chi connectivity index (χ1v) is 5.09. The molecule has 0 fully saturated rings. The van der Waals surface area contributed by atoms with Crippen molar-refractivity contribution in [2.45, 2.75) is 38.5 Å². The van der Waals surface area contributed by atoms with Crippen molar-refractivity contribution in [1.82, 2.24) is 0 Å². The molecule has 2 aliphatic carbocycles. The molecule has 70 valence electrons. The normalized spacial score (nSPS) is 20.9. The van der Waals surface area contributed by atoms with Crippen molar-refractivity contribution in [2.24, 2.45) is 0 Å². The summed E-state index contributed by atoms with van der Waals surface area (Å²) >= 11 is 0. The summed E-state index contributed by atoms with van der Waals surface area (Å²) in [6, 6.07) is 0. The Morgan fingerprint density at radius 1 is 0.923 bits per heavy atom. The van der Waals surface area contributed by atoms with Crippen molar-refractivity contribution >= 4 is 7.69 Å². The Morgan fingerprint density at radius 2 is 1.46 bits per heavy atom. The molecule has 0 atom stereocenters. The number of hydrogen-bond donors (Lipinski definition) is 0. The van der Waals surface area contributed by atoms with Crippen LogP contribution in [-0.2, 0) is 9.31 Å². The summed E-state index contributed by atoms with van der Waals surface area (Å²) < 4.78 is 10.9. The maximum atomic E-state index is 5.46. The minimum atomic E-state index is 0.400. The zero-order valence-electron chi connectivity index (χ0n) is 7.92. The maximum Gasteiger partial charge on any atom is 0.576 e. The van der Waals surface area contributed by atoms with Gasteiger partial charge in [0.05, 0.1) is 11.5 Å². The quantitative estimate of drug-likeness (QED) is 0.615. The van der Waals surface area contributed by atoms with E-state index in [9.17, 15) is 0 Å². The second-order valence-corrected chi connectivity index (χ2v) is 3.53. The van der Waals surface area contributed by atoms with Gasteiger partial charge < -0.3 is 9.31 Å². The molecule has 0 heterocycles. The molecule has 2 nitrogen and oxygen atoms in total. The minimum absolute atomic E-state index is 0.400. The Balaban J connectivity index is 1.63. The zero-order valence-corrected chi connectivity index (χ0v) is 7.92. The molecule has 13 heavy (non-hydrogen) atoms. The van der Waals surface area contributed by atoms with E-state index in [2.05, 4.69) is 12.2 Å². The van der Waals surface area contributed by atoms with Gasteiger partial charge in [0.15, 0.2) is 0 Å². The fourth-order valence-electron chi connectivity index (χ4n) is 1.73. The fraction of sp³-hybridized carbons (Fsp3) is 0.600. The smallest absolute Gasteiger partial charge is 0.532 e. The molecule has 0 aromatic rings. The van der Waals surface area contributed by atoms with Crippen LogP contribution in [0.1, 0.15) is 38.5 Å². The average Bonchev–Trinajstić information content (AvgIpc) is 2.75. The van der Waals surface area contributed by atoms with Gasteiger partial charge in [-0.3, -0.25) is 0 Å². The first kappa shape index (κ1) is 8.73. The molecule has 0 radical (unpaired) electrons. The minimum Gasteiger partial charge on any atom is -0.532 e. The van der Waals surface area contributed by atoms with Gasteiger partial charge in [-0.25, -0.2) is 0 Å². The number of rotatable bonds is 4. The molecule has 0 aromatic carbocycles. The Bertz CT molecular complexity index is 209. The molecule has 2 rings (SSSR count). The summed E-state index contributed by atoms with van der Waals surface area (Å²) in [6.07, 6.45) is 11.3. The van der Waals surface area contributed by atoms with E-state index in [1.807, 2.05) is 0 Å². The summed E-state index contributed by atoms with van der Waals surface area (Å²) in [7, 11) is 0.400. The van der Waals surface area contributed by atoms with Crippen LogP contribution in [0.3, 0.4) is 0 Å². The van der Waals surface area contributed by atoms with Gasteiger partial charge in [0, 0.05) is 12.8 Å².